The Labute approximate surface area is 391 Å². The van der Waals surface area contributed by atoms with Crippen LogP contribution in [0, 0.1) is 11.8 Å². The number of benzene rings is 2. The fourth-order valence-corrected chi connectivity index (χ4v) is 10.9. The monoisotopic (exact) mass is 916 g/mol. The number of rotatable bonds is 12. The summed E-state index contributed by atoms with van der Waals surface area (Å²) in [6, 6.07) is 15.5. The van der Waals surface area contributed by atoms with Gasteiger partial charge in [0, 0.05) is 26.2 Å². The van der Waals surface area contributed by atoms with Crippen LogP contribution in [0.5, 0.6) is 0 Å². The van der Waals surface area contributed by atoms with Crippen molar-refractivity contribution < 1.29 is 28.7 Å². The second-order valence-corrected chi connectivity index (χ2v) is 19.3. The number of piperidine rings is 1. The van der Waals surface area contributed by atoms with Crippen molar-refractivity contribution in [1.29, 1.82) is 0 Å². The van der Waals surface area contributed by atoms with Gasteiger partial charge in [0.1, 0.15) is 29.6 Å². The minimum Gasteiger partial charge on any atom is -0.453 e. The molecule has 0 bridgehead atoms. The lowest BCUT2D eigenvalue weighted by Gasteiger charge is -2.34. The Hall–Kier alpha value is -6.39. The van der Waals surface area contributed by atoms with E-state index in [2.05, 4.69) is 78.9 Å². The first kappa shape index (κ1) is 45.8. The maximum absolute atomic E-state index is 13.9. The molecule has 356 valence electrons. The van der Waals surface area contributed by atoms with Crippen LogP contribution < -0.4 is 20.4 Å². The number of anilines is 2. The largest absolute Gasteiger partial charge is 0.453 e. The molecule has 17 nitrogen and oxygen atoms in total. The van der Waals surface area contributed by atoms with Crippen LogP contribution in [0.2, 0.25) is 0 Å². The fourth-order valence-electron chi connectivity index (χ4n) is 10.9. The lowest BCUT2D eigenvalue weighted by atomic mass is 10.0. The molecule has 4 saturated heterocycles. The Balaban J connectivity index is 1.01. The fraction of sp³-hybridized carbons (Fsp3) is 0.540. The summed E-state index contributed by atoms with van der Waals surface area (Å²) in [5, 5.41) is 5.49. The number of fused-ring (bicyclic) bond motifs is 2. The molecule has 0 aliphatic carbocycles. The summed E-state index contributed by atoms with van der Waals surface area (Å²) in [7, 11) is 2.61. The Bertz CT molecular complexity index is 2440. The van der Waals surface area contributed by atoms with Gasteiger partial charge in [-0.15, -0.1) is 0 Å². The number of nitrogens with one attached hydrogen (secondary N) is 4. The predicted octanol–water partition coefficient (Wildman–Crippen LogP) is 8.00. The molecule has 6 atom stereocenters. The summed E-state index contributed by atoms with van der Waals surface area (Å²) in [5.74, 6) is 1.97. The average Bonchev–Trinajstić information content (AvgIpc) is 4.20. The molecule has 2 aromatic carbocycles. The third kappa shape index (κ3) is 9.20. The van der Waals surface area contributed by atoms with Crippen LogP contribution in [0.25, 0.3) is 22.1 Å². The summed E-state index contributed by atoms with van der Waals surface area (Å²) < 4.78 is 9.68. The summed E-state index contributed by atoms with van der Waals surface area (Å²) >= 11 is 0. The van der Waals surface area contributed by atoms with E-state index in [1.807, 2.05) is 43.7 Å². The van der Waals surface area contributed by atoms with Crippen LogP contribution in [-0.2, 0) is 19.1 Å². The third-order valence-corrected chi connectivity index (χ3v) is 14.4. The van der Waals surface area contributed by atoms with Crippen LogP contribution in [0.15, 0.2) is 54.7 Å². The highest BCUT2D eigenvalue weighted by molar-refractivity contribution is 5.87. The number of aromatic amines is 2. The summed E-state index contributed by atoms with van der Waals surface area (Å²) in [4.78, 5) is 83.1. The van der Waals surface area contributed by atoms with E-state index >= 15 is 0 Å². The Morgan fingerprint density at radius 2 is 1.10 bits per heavy atom. The van der Waals surface area contributed by atoms with Gasteiger partial charge >= 0.3 is 12.2 Å². The van der Waals surface area contributed by atoms with Crippen molar-refractivity contribution in [3.8, 4) is 0 Å². The first-order valence-electron chi connectivity index (χ1n) is 24.2. The van der Waals surface area contributed by atoms with E-state index in [9.17, 15) is 19.2 Å². The number of nitrogens with zero attached hydrogens (tertiary/aromatic N) is 7. The third-order valence-electron chi connectivity index (χ3n) is 14.4. The number of hydrogen-bond acceptors (Lipinski definition) is 11. The summed E-state index contributed by atoms with van der Waals surface area (Å²) in [6.45, 7) is 10.9. The van der Waals surface area contributed by atoms with Gasteiger partial charge in [0.2, 0.25) is 11.8 Å². The van der Waals surface area contributed by atoms with E-state index < -0.39 is 24.3 Å². The Morgan fingerprint density at radius 3 is 1.54 bits per heavy atom. The van der Waals surface area contributed by atoms with Gasteiger partial charge in [-0.25, -0.2) is 24.5 Å². The SMILES string of the molecule is COC(=O)N[C@H](C(=O)N1CCC[C@H]1c1nc2ccc([C@H]3CC[C@H](c4ccc5nc([C@@H]6CCCN6C(=O)[C@@H](NC(=O)OC)C(C)C)[nH]c5c4)N3c3ccc(N4CCCCC4)nc3)cc2[nH]1)C(C)C. The quantitative estimate of drug-likeness (QED) is 0.0948. The minimum absolute atomic E-state index is 0.0307. The van der Waals surface area contributed by atoms with Crippen molar-refractivity contribution in [2.75, 3.05) is 50.2 Å². The molecule has 4 aliphatic heterocycles. The molecule has 4 fully saturated rings. The van der Waals surface area contributed by atoms with E-state index in [1.165, 1.54) is 33.5 Å². The van der Waals surface area contributed by atoms with Gasteiger partial charge in [-0.3, -0.25) is 9.59 Å². The second kappa shape index (κ2) is 19.4. The van der Waals surface area contributed by atoms with Gasteiger partial charge < -0.3 is 49.7 Å². The van der Waals surface area contributed by atoms with Crippen LogP contribution in [-0.4, -0.2) is 111 Å². The summed E-state index contributed by atoms with van der Waals surface area (Å²) in [6.07, 6.45) is 9.42. The topological polar surface area (TPSA) is 194 Å². The van der Waals surface area contributed by atoms with Crippen LogP contribution in [0.3, 0.4) is 0 Å². The molecule has 7 heterocycles. The van der Waals surface area contributed by atoms with Crippen molar-refractivity contribution in [3.05, 3.63) is 77.5 Å². The molecule has 4 aliphatic rings. The van der Waals surface area contributed by atoms with E-state index in [0.29, 0.717) is 13.1 Å². The number of likely N-dealkylation sites (tertiary alicyclic amines) is 2. The molecule has 0 radical (unpaired) electrons. The smallest absolute Gasteiger partial charge is 0.407 e. The maximum atomic E-state index is 13.9. The highest BCUT2D eigenvalue weighted by atomic mass is 16.5. The average molecular weight is 916 g/mol. The van der Waals surface area contributed by atoms with Crippen LogP contribution in [0.1, 0.15) is 132 Å². The van der Waals surface area contributed by atoms with Crippen molar-refractivity contribution >= 4 is 57.6 Å². The number of ether oxygens (including phenoxy) is 2. The number of pyridine rings is 1. The van der Waals surface area contributed by atoms with Crippen LogP contribution >= 0.6 is 0 Å². The van der Waals surface area contributed by atoms with Gasteiger partial charge in [0.25, 0.3) is 0 Å². The molecule has 4 N–H and O–H groups in total. The lowest BCUT2D eigenvalue weighted by Crippen LogP contribution is -2.51. The van der Waals surface area contributed by atoms with Gasteiger partial charge in [-0.05, 0) is 117 Å². The van der Waals surface area contributed by atoms with Crippen molar-refractivity contribution in [2.24, 2.45) is 11.8 Å². The zero-order chi connectivity index (χ0) is 46.9. The molecular formula is C50H65N11O6. The number of hydrogen-bond donors (Lipinski definition) is 4. The lowest BCUT2D eigenvalue weighted by molar-refractivity contribution is -0.136. The molecule has 67 heavy (non-hydrogen) atoms. The molecule has 0 unspecified atom stereocenters. The van der Waals surface area contributed by atoms with E-state index in [0.717, 1.165) is 108 Å². The number of methoxy groups -OCH3 is 2. The van der Waals surface area contributed by atoms with Gasteiger partial charge in [-0.1, -0.05) is 39.8 Å². The number of amides is 4. The summed E-state index contributed by atoms with van der Waals surface area (Å²) in [5.41, 5.74) is 6.85. The number of aromatic nitrogens is 5. The van der Waals surface area contributed by atoms with Gasteiger partial charge in [0.05, 0.1) is 72.3 Å². The first-order chi connectivity index (χ1) is 32.4. The normalized spacial score (nSPS) is 22.0. The zero-order valence-corrected chi connectivity index (χ0v) is 39.6. The highest BCUT2D eigenvalue weighted by Crippen LogP contribution is 2.48. The molecule has 3 aromatic heterocycles. The van der Waals surface area contributed by atoms with Gasteiger partial charge in [-0.2, -0.15) is 0 Å². The standard InChI is InChI=1S/C50H65N11O6/c1-29(2)43(56-49(64)66-5)47(62)59-24-10-12-40(59)45-52-34-17-14-31(26-36(34)54-45)38-19-20-39(61(38)33-16-21-42(51-28-33)58-22-8-7-9-23-58)32-15-18-35-37(27-32)55-46(53-35)41-13-11-25-60(41)48(63)44(30(3)4)57-50(65)67-6/h14-18,21,26-30,38-41,43-44H,7-13,19-20,22-25H2,1-6H3,(H,52,54)(H,53,55)(H,56,64)(H,57,65)/t38-,39-,40+,41+,43+,44+/m1/s1. The zero-order valence-electron chi connectivity index (χ0n) is 39.6. The predicted molar refractivity (Wildman–Crippen MR) is 255 cm³/mol. The highest BCUT2D eigenvalue weighted by Gasteiger charge is 2.41. The molecular weight excluding hydrogens is 851 g/mol. The molecule has 0 spiro atoms. The van der Waals surface area contributed by atoms with E-state index in [1.54, 1.807) is 0 Å². The van der Waals surface area contributed by atoms with Crippen LogP contribution in [0.4, 0.5) is 21.1 Å². The number of H-pyrrole nitrogens is 2. The number of carbonyl (C=O) groups is 4. The van der Waals surface area contributed by atoms with Crippen molar-refractivity contribution in [3.63, 3.8) is 0 Å². The number of imidazole rings is 2. The molecule has 17 heteroatoms. The van der Waals surface area contributed by atoms with Crippen molar-refractivity contribution in [2.45, 2.75) is 122 Å². The minimum atomic E-state index is -0.709. The number of alkyl carbamates (subject to hydrolysis) is 2. The first-order valence-corrected chi connectivity index (χ1v) is 24.2. The second-order valence-electron chi connectivity index (χ2n) is 19.3. The number of carbonyl (C=O) groups excluding carboxylic acids is 4. The maximum Gasteiger partial charge on any atom is 0.407 e. The molecule has 5 aromatic rings. The van der Waals surface area contributed by atoms with Gasteiger partial charge in [0.15, 0.2) is 0 Å². The van der Waals surface area contributed by atoms with Crippen molar-refractivity contribution in [1.82, 2.24) is 45.4 Å². The Morgan fingerprint density at radius 1 is 0.612 bits per heavy atom. The van der Waals surface area contributed by atoms with E-state index in [4.69, 9.17) is 24.4 Å². The molecule has 4 amide bonds. The molecule has 0 saturated carbocycles. The van der Waals surface area contributed by atoms with E-state index in [-0.39, 0.29) is 47.8 Å². The Kier molecular flexibility index (Phi) is 13.3. The molecule has 9 rings (SSSR count).